The standard InChI is InChI=1S/C19H19N/c1-13-11-17(12-14(2)15(13)3)20-19-10-6-8-16-7-4-5-9-18(16)19/h4-12,20H,1-3H3. The van der Waals surface area contributed by atoms with Gasteiger partial charge in [0.1, 0.15) is 0 Å². The van der Waals surface area contributed by atoms with Crippen molar-refractivity contribution in [3.8, 4) is 0 Å². The highest BCUT2D eigenvalue weighted by Crippen LogP contribution is 2.28. The summed E-state index contributed by atoms with van der Waals surface area (Å²) in [6.45, 7) is 6.50. The fraction of sp³-hybridized carbons (Fsp3) is 0.158. The Balaban J connectivity index is 2.06. The van der Waals surface area contributed by atoms with Crippen LogP contribution in [0.25, 0.3) is 10.8 Å². The molecule has 0 aliphatic rings. The Kier molecular flexibility index (Phi) is 3.19. The first-order valence-corrected chi connectivity index (χ1v) is 6.98. The summed E-state index contributed by atoms with van der Waals surface area (Å²) in [6, 6.07) is 19.3. The molecule has 0 amide bonds. The topological polar surface area (TPSA) is 12.0 Å². The third-order valence-electron chi connectivity index (χ3n) is 4.00. The molecule has 0 atom stereocenters. The van der Waals surface area contributed by atoms with Crippen molar-refractivity contribution in [2.24, 2.45) is 0 Å². The van der Waals surface area contributed by atoms with Gasteiger partial charge in [-0.3, -0.25) is 0 Å². The highest BCUT2D eigenvalue weighted by molar-refractivity contribution is 5.95. The number of hydrogen-bond donors (Lipinski definition) is 1. The Morgan fingerprint density at radius 2 is 1.40 bits per heavy atom. The normalized spacial score (nSPS) is 10.8. The van der Waals surface area contributed by atoms with Crippen LogP contribution in [0.1, 0.15) is 16.7 Å². The molecule has 0 aliphatic heterocycles. The van der Waals surface area contributed by atoms with Crippen molar-refractivity contribution in [1.29, 1.82) is 0 Å². The van der Waals surface area contributed by atoms with Crippen molar-refractivity contribution >= 4 is 22.1 Å². The van der Waals surface area contributed by atoms with Crippen LogP contribution in [0.5, 0.6) is 0 Å². The number of hydrogen-bond acceptors (Lipinski definition) is 1. The second-order valence-corrected chi connectivity index (χ2v) is 5.39. The Bertz CT molecular complexity index is 743. The first-order chi connectivity index (χ1) is 9.65. The van der Waals surface area contributed by atoms with Gasteiger partial charge < -0.3 is 5.32 Å². The van der Waals surface area contributed by atoms with Gasteiger partial charge in [0.25, 0.3) is 0 Å². The van der Waals surface area contributed by atoms with Crippen LogP contribution in [0.2, 0.25) is 0 Å². The molecule has 3 rings (SSSR count). The van der Waals surface area contributed by atoms with E-state index in [2.05, 4.69) is 80.7 Å². The molecule has 20 heavy (non-hydrogen) atoms. The summed E-state index contributed by atoms with van der Waals surface area (Å²) in [4.78, 5) is 0. The van der Waals surface area contributed by atoms with E-state index in [0.29, 0.717) is 0 Å². The molecule has 1 N–H and O–H groups in total. The number of rotatable bonds is 2. The predicted octanol–water partition coefficient (Wildman–Crippen LogP) is 5.51. The van der Waals surface area contributed by atoms with Crippen LogP contribution in [0.3, 0.4) is 0 Å². The summed E-state index contributed by atoms with van der Waals surface area (Å²) < 4.78 is 0. The largest absolute Gasteiger partial charge is 0.355 e. The van der Waals surface area contributed by atoms with Gasteiger partial charge >= 0.3 is 0 Å². The van der Waals surface area contributed by atoms with Gasteiger partial charge in [0.05, 0.1) is 0 Å². The minimum atomic E-state index is 1.15. The smallest absolute Gasteiger partial charge is 0.0463 e. The number of aryl methyl sites for hydroxylation is 2. The van der Waals surface area contributed by atoms with Crippen molar-refractivity contribution < 1.29 is 0 Å². The molecule has 0 saturated carbocycles. The SMILES string of the molecule is Cc1cc(Nc2cccc3ccccc23)cc(C)c1C. The molecule has 3 aromatic rings. The molecule has 0 aromatic heterocycles. The second kappa shape index (κ2) is 5.01. The summed E-state index contributed by atoms with van der Waals surface area (Å²) >= 11 is 0. The molecule has 1 heteroatoms. The van der Waals surface area contributed by atoms with Gasteiger partial charge in [-0.2, -0.15) is 0 Å². The van der Waals surface area contributed by atoms with E-state index in [4.69, 9.17) is 0 Å². The molecule has 0 saturated heterocycles. The van der Waals surface area contributed by atoms with Gasteiger partial charge in [-0.15, -0.1) is 0 Å². The quantitative estimate of drug-likeness (QED) is 0.641. The molecule has 3 aromatic carbocycles. The maximum Gasteiger partial charge on any atom is 0.0463 e. The molecule has 0 fully saturated rings. The Morgan fingerprint density at radius 3 is 2.15 bits per heavy atom. The predicted molar refractivity (Wildman–Crippen MR) is 87.9 cm³/mol. The van der Waals surface area contributed by atoms with E-state index in [0.717, 1.165) is 11.4 Å². The minimum Gasteiger partial charge on any atom is -0.355 e. The first-order valence-electron chi connectivity index (χ1n) is 6.98. The fourth-order valence-electron chi connectivity index (χ4n) is 2.60. The van der Waals surface area contributed by atoms with Crippen molar-refractivity contribution in [3.63, 3.8) is 0 Å². The molecule has 0 aliphatic carbocycles. The molecular formula is C19H19N. The van der Waals surface area contributed by atoms with E-state index in [1.54, 1.807) is 0 Å². The molecular weight excluding hydrogens is 242 g/mol. The lowest BCUT2D eigenvalue weighted by atomic mass is 10.0. The zero-order chi connectivity index (χ0) is 14.1. The third kappa shape index (κ3) is 2.27. The zero-order valence-electron chi connectivity index (χ0n) is 12.2. The average Bonchev–Trinajstić information content (AvgIpc) is 2.45. The molecule has 0 heterocycles. The van der Waals surface area contributed by atoms with E-state index < -0.39 is 0 Å². The van der Waals surface area contributed by atoms with Crippen LogP contribution < -0.4 is 5.32 Å². The zero-order valence-corrected chi connectivity index (χ0v) is 12.2. The maximum atomic E-state index is 3.56. The van der Waals surface area contributed by atoms with Gasteiger partial charge in [0, 0.05) is 16.8 Å². The van der Waals surface area contributed by atoms with E-state index in [-0.39, 0.29) is 0 Å². The van der Waals surface area contributed by atoms with E-state index in [9.17, 15) is 0 Å². The highest BCUT2D eigenvalue weighted by atomic mass is 14.9. The van der Waals surface area contributed by atoms with E-state index >= 15 is 0 Å². The fourth-order valence-corrected chi connectivity index (χ4v) is 2.60. The van der Waals surface area contributed by atoms with E-state index in [1.807, 2.05) is 0 Å². The van der Waals surface area contributed by atoms with E-state index in [1.165, 1.54) is 27.5 Å². The number of nitrogens with one attached hydrogen (secondary N) is 1. The lowest BCUT2D eigenvalue weighted by molar-refractivity contribution is 1.26. The van der Waals surface area contributed by atoms with Gasteiger partial charge in [-0.1, -0.05) is 36.4 Å². The minimum absolute atomic E-state index is 1.15. The van der Waals surface area contributed by atoms with Crippen LogP contribution in [0.15, 0.2) is 54.6 Å². The van der Waals surface area contributed by atoms with Crippen LogP contribution >= 0.6 is 0 Å². The number of anilines is 2. The Morgan fingerprint density at radius 1 is 0.750 bits per heavy atom. The molecule has 100 valence electrons. The van der Waals surface area contributed by atoms with Gasteiger partial charge in [-0.25, -0.2) is 0 Å². The van der Waals surface area contributed by atoms with Gasteiger partial charge in [-0.05, 0) is 61.0 Å². The lowest BCUT2D eigenvalue weighted by Gasteiger charge is -2.13. The Labute approximate surface area is 120 Å². The van der Waals surface area contributed by atoms with Crippen molar-refractivity contribution in [2.75, 3.05) is 5.32 Å². The molecule has 0 radical (unpaired) electrons. The summed E-state index contributed by atoms with van der Waals surface area (Å²) in [5.41, 5.74) is 6.33. The lowest BCUT2D eigenvalue weighted by Crippen LogP contribution is -1.95. The summed E-state index contributed by atoms with van der Waals surface area (Å²) in [7, 11) is 0. The molecule has 1 nitrogen and oxygen atoms in total. The highest BCUT2D eigenvalue weighted by Gasteiger charge is 2.04. The monoisotopic (exact) mass is 261 g/mol. The second-order valence-electron chi connectivity index (χ2n) is 5.39. The van der Waals surface area contributed by atoms with Crippen LogP contribution in [0, 0.1) is 20.8 Å². The maximum absolute atomic E-state index is 3.56. The summed E-state index contributed by atoms with van der Waals surface area (Å²) in [5.74, 6) is 0. The first kappa shape index (κ1) is 12.7. The van der Waals surface area contributed by atoms with Crippen molar-refractivity contribution in [3.05, 3.63) is 71.3 Å². The molecule has 0 bridgehead atoms. The van der Waals surface area contributed by atoms with Crippen LogP contribution in [-0.2, 0) is 0 Å². The summed E-state index contributed by atoms with van der Waals surface area (Å²) in [5, 5.41) is 6.07. The van der Waals surface area contributed by atoms with Gasteiger partial charge in [0.15, 0.2) is 0 Å². The average molecular weight is 261 g/mol. The third-order valence-corrected chi connectivity index (χ3v) is 4.00. The number of benzene rings is 3. The van der Waals surface area contributed by atoms with Crippen molar-refractivity contribution in [2.45, 2.75) is 20.8 Å². The van der Waals surface area contributed by atoms with Crippen LogP contribution in [0.4, 0.5) is 11.4 Å². The summed E-state index contributed by atoms with van der Waals surface area (Å²) in [6.07, 6.45) is 0. The van der Waals surface area contributed by atoms with Crippen LogP contribution in [-0.4, -0.2) is 0 Å². The van der Waals surface area contributed by atoms with Gasteiger partial charge in [0.2, 0.25) is 0 Å². The Hall–Kier alpha value is -2.28. The number of fused-ring (bicyclic) bond motifs is 1. The van der Waals surface area contributed by atoms with Crippen molar-refractivity contribution in [1.82, 2.24) is 0 Å². The molecule has 0 unspecified atom stereocenters. The molecule has 0 spiro atoms.